The summed E-state index contributed by atoms with van der Waals surface area (Å²) in [6.45, 7) is 1.91. The highest BCUT2D eigenvalue weighted by molar-refractivity contribution is 8.00. The summed E-state index contributed by atoms with van der Waals surface area (Å²) in [5.41, 5.74) is 1.63. The number of hydrogen-bond donors (Lipinski definition) is 3. The first-order chi connectivity index (χ1) is 23.1. The second-order valence-corrected chi connectivity index (χ2v) is 11.7. The quantitative estimate of drug-likeness (QED) is 0.0603. The van der Waals surface area contributed by atoms with Crippen LogP contribution >= 0.6 is 11.8 Å². The Balaban J connectivity index is 1.35. The molecule has 3 N–H and O–H groups in total. The molecule has 0 spiro atoms. The first kappa shape index (κ1) is 33.7. The van der Waals surface area contributed by atoms with Crippen LogP contribution in [0.3, 0.4) is 0 Å². The smallest absolute Gasteiger partial charge is 0.272 e. The van der Waals surface area contributed by atoms with Crippen molar-refractivity contribution in [3.8, 4) is 0 Å². The Morgan fingerprint density at radius 3 is 1.96 bits per heavy atom. The minimum absolute atomic E-state index is 0.00182. The van der Waals surface area contributed by atoms with Crippen molar-refractivity contribution in [3.63, 3.8) is 0 Å². The average molecular weight is 670 g/mol. The Kier molecular flexibility index (Phi) is 10.7. The van der Waals surface area contributed by atoms with E-state index in [-0.39, 0.29) is 11.8 Å². The third kappa shape index (κ3) is 8.37. The molecule has 0 saturated carbocycles. The minimum atomic E-state index is -1.73. The molecular weight excluding hydrogens is 642 g/mol. The van der Waals surface area contributed by atoms with E-state index >= 15 is 0 Å². The number of aryl methyl sites for hydroxylation is 1. The van der Waals surface area contributed by atoms with Crippen LogP contribution in [0.15, 0.2) is 126 Å². The number of amides is 3. The van der Waals surface area contributed by atoms with Gasteiger partial charge in [0.2, 0.25) is 5.91 Å². The molecule has 11 heteroatoms. The Labute approximate surface area is 277 Å². The zero-order valence-corrected chi connectivity index (χ0v) is 26.1. The van der Waals surface area contributed by atoms with Crippen molar-refractivity contribution in [3.05, 3.63) is 166 Å². The van der Waals surface area contributed by atoms with Crippen LogP contribution in [-0.4, -0.2) is 17.7 Å². The van der Waals surface area contributed by atoms with E-state index in [1.165, 1.54) is 0 Å². The van der Waals surface area contributed by atoms with Crippen LogP contribution in [0.2, 0.25) is 0 Å². The van der Waals surface area contributed by atoms with Crippen molar-refractivity contribution in [2.75, 3.05) is 10.6 Å². The molecule has 0 saturated heterocycles. The summed E-state index contributed by atoms with van der Waals surface area (Å²) < 4.78 is 56.2. The summed E-state index contributed by atoms with van der Waals surface area (Å²) in [4.78, 5) is 40.2. The van der Waals surface area contributed by atoms with Gasteiger partial charge in [0.05, 0.1) is 0 Å². The molecule has 0 aromatic heterocycles. The molecule has 5 aromatic rings. The van der Waals surface area contributed by atoms with Crippen LogP contribution in [0.1, 0.15) is 32.3 Å². The van der Waals surface area contributed by atoms with Gasteiger partial charge in [-0.1, -0.05) is 78.4 Å². The fourth-order valence-electron chi connectivity index (χ4n) is 4.59. The number of anilines is 2. The van der Waals surface area contributed by atoms with Gasteiger partial charge in [-0.3, -0.25) is 14.4 Å². The molecule has 6 nitrogen and oxygen atoms in total. The molecule has 5 aromatic carbocycles. The summed E-state index contributed by atoms with van der Waals surface area (Å²) in [6, 6.07) is 30.6. The van der Waals surface area contributed by atoms with Crippen molar-refractivity contribution in [2.45, 2.75) is 17.1 Å². The van der Waals surface area contributed by atoms with Crippen LogP contribution in [0, 0.1) is 30.2 Å². The minimum Gasteiger partial charge on any atom is -0.321 e. The molecule has 242 valence electrons. The summed E-state index contributed by atoms with van der Waals surface area (Å²) in [5, 5.41) is 6.35. The van der Waals surface area contributed by atoms with Gasteiger partial charge >= 0.3 is 0 Å². The Bertz CT molecular complexity index is 1960. The zero-order chi connectivity index (χ0) is 34.2. The molecule has 0 aliphatic carbocycles. The lowest BCUT2D eigenvalue weighted by atomic mass is 10.1. The molecule has 5 rings (SSSR count). The zero-order valence-electron chi connectivity index (χ0n) is 25.3. The summed E-state index contributed by atoms with van der Waals surface area (Å²) >= 11 is 1.01. The van der Waals surface area contributed by atoms with Gasteiger partial charge in [0, 0.05) is 22.2 Å². The average Bonchev–Trinajstić information content (AvgIpc) is 3.09. The van der Waals surface area contributed by atoms with Gasteiger partial charge in [-0.05, 0) is 60.5 Å². The fourth-order valence-corrected chi connectivity index (χ4v) is 5.62. The van der Waals surface area contributed by atoms with Crippen molar-refractivity contribution in [2.24, 2.45) is 0 Å². The number of rotatable bonds is 10. The maximum absolute atomic E-state index is 14.3. The molecule has 48 heavy (non-hydrogen) atoms. The second-order valence-electron chi connectivity index (χ2n) is 10.5. The number of nitrogens with one attached hydrogen (secondary N) is 3. The van der Waals surface area contributed by atoms with Crippen LogP contribution in [-0.2, 0) is 9.59 Å². The normalized spacial score (nSPS) is 11.8. The third-order valence-electron chi connectivity index (χ3n) is 6.95. The predicted molar refractivity (Wildman–Crippen MR) is 178 cm³/mol. The van der Waals surface area contributed by atoms with Gasteiger partial charge < -0.3 is 16.0 Å². The molecule has 0 fully saturated rings. The molecule has 0 heterocycles. The molecule has 1 atom stereocenters. The van der Waals surface area contributed by atoms with Crippen molar-refractivity contribution in [1.82, 2.24) is 5.32 Å². The van der Waals surface area contributed by atoms with E-state index in [0.717, 1.165) is 17.3 Å². The van der Waals surface area contributed by atoms with Gasteiger partial charge in [0.25, 0.3) is 11.8 Å². The molecule has 1 unspecified atom stereocenters. The molecule has 0 bridgehead atoms. The van der Waals surface area contributed by atoms with Gasteiger partial charge in [-0.2, -0.15) is 0 Å². The molecule has 0 aliphatic rings. The number of carbonyl (C=O) groups is 3. The van der Waals surface area contributed by atoms with Crippen LogP contribution in [0.25, 0.3) is 6.08 Å². The number of carbonyl (C=O) groups excluding carboxylic acids is 3. The van der Waals surface area contributed by atoms with Gasteiger partial charge in [0.1, 0.15) is 16.6 Å². The molecule has 0 radical (unpaired) electrons. The SMILES string of the molecule is Cc1cccc(/C=C(\NC(=O)c2ccccc2)C(=O)Nc2ccc(SC(C(=O)Nc3c(F)c(F)cc(F)c3F)c3ccccc3)cc2)c1. The first-order valence-electron chi connectivity index (χ1n) is 14.5. The highest BCUT2D eigenvalue weighted by Crippen LogP contribution is 2.37. The fraction of sp³-hybridized carbons (Fsp3) is 0.0541. The van der Waals surface area contributed by atoms with Gasteiger partial charge in [-0.15, -0.1) is 11.8 Å². The number of thioether (sulfide) groups is 1. The van der Waals surface area contributed by atoms with E-state index in [2.05, 4.69) is 10.6 Å². The number of benzene rings is 5. The maximum atomic E-state index is 14.3. The van der Waals surface area contributed by atoms with E-state index in [4.69, 9.17) is 0 Å². The van der Waals surface area contributed by atoms with Crippen LogP contribution in [0.4, 0.5) is 28.9 Å². The van der Waals surface area contributed by atoms with E-state index in [9.17, 15) is 31.9 Å². The van der Waals surface area contributed by atoms with Crippen molar-refractivity contribution in [1.29, 1.82) is 0 Å². The van der Waals surface area contributed by atoms with Crippen LogP contribution in [0.5, 0.6) is 0 Å². The van der Waals surface area contributed by atoms with Crippen molar-refractivity contribution < 1.29 is 31.9 Å². The van der Waals surface area contributed by atoms with E-state index in [0.29, 0.717) is 27.3 Å². The summed E-state index contributed by atoms with van der Waals surface area (Å²) in [6.07, 6.45) is 1.56. The van der Waals surface area contributed by atoms with Crippen LogP contribution < -0.4 is 16.0 Å². The molecule has 0 aliphatic heterocycles. The highest BCUT2D eigenvalue weighted by Gasteiger charge is 2.27. The summed E-state index contributed by atoms with van der Waals surface area (Å²) in [7, 11) is 0. The predicted octanol–water partition coefficient (Wildman–Crippen LogP) is 8.43. The lowest BCUT2D eigenvalue weighted by Gasteiger charge is -2.18. The second kappa shape index (κ2) is 15.3. The number of halogens is 4. The summed E-state index contributed by atoms with van der Waals surface area (Å²) in [5.74, 6) is -8.74. The molecular formula is C37H27F4N3O3S. The lowest BCUT2D eigenvalue weighted by Crippen LogP contribution is -2.30. The maximum Gasteiger partial charge on any atom is 0.272 e. The molecule has 3 amide bonds. The monoisotopic (exact) mass is 669 g/mol. The Hall–Kier alpha value is -5.68. The van der Waals surface area contributed by atoms with E-state index in [1.807, 2.05) is 30.4 Å². The third-order valence-corrected chi connectivity index (χ3v) is 8.21. The van der Waals surface area contributed by atoms with E-state index in [1.54, 1.807) is 97.1 Å². The van der Waals surface area contributed by atoms with E-state index < -0.39 is 51.9 Å². The lowest BCUT2D eigenvalue weighted by molar-refractivity contribution is -0.116. The highest BCUT2D eigenvalue weighted by atomic mass is 32.2. The largest absolute Gasteiger partial charge is 0.321 e. The first-order valence-corrected chi connectivity index (χ1v) is 15.4. The Morgan fingerprint density at radius 2 is 1.33 bits per heavy atom. The number of hydrogen-bond acceptors (Lipinski definition) is 4. The van der Waals surface area contributed by atoms with Crippen molar-refractivity contribution >= 4 is 46.9 Å². The Morgan fingerprint density at radius 1 is 0.708 bits per heavy atom. The van der Waals surface area contributed by atoms with Gasteiger partial charge in [0.15, 0.2) is 23.3 Å². The topological polar surface area (TPSA) is 87.3 Å². The van der Waals surface area contributed by atoms with Gasteiger partial charge in [-0.25, -0.2) is 17.6 Å². The standard InChI is InChI=1S/C37H27F4N3O3S/c1-22-9-8-10-23(19-22)20-30(43-35(45)25-13-6-3-7-14-25)36(46)42-26-15-17-27(18-16-26)48-34(24-11-4-2-5-12-24)37(47)44-33-31(40)28(38)21-29(39)32(33)41/h2-21,34H,1H3,(H,42,46)(H,43,45)(H,44,47)/b30-20-.